The Labute approximate surface area is 141 Å². The first-order valence-corrected chi connectivity index (χ1v) is 8.70. The fourth-order valence-electron chi connectivity index (χ4n) is 4.12. The molecule has 3 aromatic rings. The highest BCUT2D eigenvalue weighted by Crippen LogP contribution is 2.40. The normalized spacial score (nSPS) is 20.5. The third-order valence-electron chi connectivity index (χ3n) is 5.57. The molecule has 2 aromatic heterocycles. The number of fused-ring (bicyclic) bond motifs is 3. The van der Waals surface area contributed by atoms with Gasteiger partial charge in [0.05, 0.1) is 23.0 Å². The van der Waals surface area contributed by atoms with E-state index in [0.717, 1.165) is 36.2 Å². The summed E-state index contributed by atoms with van der Waals surface area (Å²) in [5, 5.41) is 1.23. The maximum absolute atomic E-state index is 13.4. The number of nitrogens with zero attached hydrogens (tertiary/aromatic N) is 2. The Balaban J connectivity index is 1.84. The van der Waals surface area contributed by atoms with Crippen LogP contribution in [0.25, 0.3) is 10.9 Å². The maximum atomic E-state index is 13.4. The van der Waals surface area contributed by atoms with Crippen molar-refractivity contribution < 1.29 is 4.79 Å². The highest BCUT2D eigenvalue weighted by atomic mass is 16.2. The summed E-state index contributed by atoms with van der Waals surface area (Å²) >= 11 is 0. The van der Waals surface area contributed by atoms with Gasteiger partial charge in [-0.1, -0.05) is 32.0 Å². The van der Waals surface area contributed by atoms with Crippen molar-refractivity contribution in [3.05, 3.63) is 53.2 Å². The first kappa shape index (κ1) is 15.2. The van der Waals surface area contributed by atoms with E-state index >= 15 is 0 Å². The Kier molecular flexibility index (Phi) is 3.37. The number of aromatic amines is 1. The Hall–Kier alpha value is -2.36. The van der Waals surface area contributed by atoms with Crippen LogP contribution in [0.15, 0.2) is 30.6 Å². The van der Waals surface area contributed by atoms with Gasteiger partial charge in [-0.3, -0.25) is 9.36 Å². The van der Waals surface area contributed by atoms with Gasteiger partial charge in [0, 0.05) is 23.2 Å². The molecule has 1 aromatic carbocycles. The Morgan fingerprint density at radius 1 is 1.33 bits per heavy atom. The molecule has 1 aliphatic heterocycles. The fraction of sp³-hybridized carbons (Fsp3) is 0.400. The van der Waals surface area contributed by atoms with Crippen LogP contribution < -0.4 is 0 Å². The highest BCUT2D eigenvalue weighted by molar-refractivity contribution is 5.99. The molecule has 0 aliphatic carbocycles. The molecule has 0 amide bonds. The molecule has 0 spiro atoms. The van der Waals surface area contributed by atoms with E-state index in [0.29, 0.717) is 6.42 Å². The predicted molar refractivity (Wildman–Crippen MR) is 95.4 cm³/mol. The van der Waals surface area contributed by atoms with Crippen molar-refractivity contribution in [3.63, 3.8) is 0 Å². The third kappa shape index (κ3) is 2.05. The highest BCUT2D eigenvalue weighted by Gasteiger charge is 2.41. The second-order valence-electron chi connectivity index (χ2n) is 7.15. The summed E-state index contributed by atoms with van der Waals surface area (Å²) in [6.07, 6.45) is 5.19. The molecule has 3 heterocycles. The van der Waals surface area contributed by atoms with Crippen LogP contribution in [-0.4, -0.2) is 20.4 Å². The first-order chi connectivity index (χ1) is 11.5. The van der Waals surface area contributed by atoms with E-state index in [-0.39, 0.29) is 5.91 Å². The Bertz CT molecular complexity index is 934. The lowest BCUT2D eigenvalue weighted by atomic mass is 9.77. The zero-order valence-electron chi connectivity index (χ0n) is 14.5. The smallest absolute Gasteiger partial charge is 0.237 e. The number of hydrogen-bond acceptors (Lipinski definition) is 2. The number of imidazole rings is 1. The van der Waals surface area contributed by atoms with Crippen molar-refractivity contribution in [2.45, 2.75) is 46.5 Å². The number of aromatic nitrogens is 3. The lowest BCUT2D eigenvalue weighted by Gasteiger charge is -2.33. The van der Waals surface area contributed by atoms with E-state index in [4.69, 9.17) is 0 Å². The minimum atomic E-state index is -0.403. The molecule has 4 nitrogen and oxygen atoms in total. The zero-order valence-corrected chi connectivity index (χ0v) is 14.5. The van der Waals surface area contributed by atoms with Gasteiger partial charge in [0.15, 0.2) is 0 Å². The molecule has 0 bridgehead atoms. The summed E-state index contributed by atoms with van der Waals surface area (Å²) in [5.74, 6) is 0.210. The number of carbonyl (C=O) groups excluding carboxylic acids is 1. The molecular weight excluding hydrogens is 298 g/mol. The molecule has 124 valence electrons. The van der Waals surface area contributed by atoms with E-state index in [9.17, 15) is 4.79 Å². The quantitative estimate of drug-likeness (QED) is 0.790. The molecule has 0 saturated carbocycles. The second-order valence-corrected chi connectivity index (χ2v) is 7.15. The molecule has 1 atom stereocenters. The average molecular weight is 321 g/mol. The van der Waals surface area contributed by atoms with E-state index in [1.54, 1.807) is 6.33 Å². The van der Waals surface area contributed by atoms with Crippen molar-refractivity contribution in [2.75, 3.05) is 0 Å². The fourth-order valence-corrected chi connectivity index (χ4v) is 4.12. The number of carbonyl (C=O) groups is 1. The number of hydrogen-bond donors (Lipinski definition) is 1. The topological polar surface area (TPSA) is 50.7 Å². The molecule has 1 unspecified atom stereocenters. The molecule has 24 heavy (non-hydrogen) atoms. The van der Waals surface area contributed by atoms with Crippen molar-refractivity contribution in [3.8, 4) is 0 Å². The molecule has 4 heteroatoms. The number of aryl methyl sites for hydroxylation is 2. The van der Waals surface area contributed by atoms with E-state index in [1.807, 2.05) is 17.6 Å². The summed E-state index contributed by atoms with van der Waals surface area (Å²) < 4.78 is 1.99. The molecule has 1 aliphatic rings. The lowest BCUT2D eigenvalue weighted by Crippen LogP contribution is -2.40. The van der Waals surface area contributed by atoms with Gasteiger partial charge in [0.2, 0.25) is 5.91 Å². The Morgan fingerprint density at radius 2 is 2.12 bits per heavy atom. The molecule has 0 radical (unpaired) electrons. The molecule has 4 rings (SSSR count). The summed E-state index contributed by atoms with van der Waals surface area (Å²) in [4.78, 5) is 21.0. The number of H-pyrrole nitrogens is 1. The van der Waals surface area contributed by atoms with Gasteiger partial charge < -0.3 is 4.98 Å². The van der Waals surface area contributed by atoms with Crippen LogP contribution in [0.4, 0.5) is 0 Å². The van der Waals surface area contributed by atoms with Crippen molar-refractivity contribution in [1.29, 1.82) is 0 Å². The summed E-state index contributed by atoms with van der Waals surface area (Å²) in [6.45, 7) is 6.28. The summed E-state index contributed by atoms with van der Waals surface area (Å²) in [7, 11) is 0. The van der Waals surface area contributed by atoms with Gasteiger partial charge in [0.25, 0.3) is 0 Å². The zero-order chi connectivity index (χ0) is 16.9. The number of rotatable bonds is 3. The van der Waals surface area contributed by atoms with Crippen molar-refractivity contribution in [1.82, 2.24) is 14.5 Å². The summed E-state index contributed by atoms with van der Waals surface area (Å²) in [5.41, 5.74) is 5.25. The molecule has 0 fully saturated rings. The number of para-hydroxylation sites is 1. The molecule has 0 saturated heterocycles. The second kappa shape index (κ2) is 5.33. The molecular formula is C20H23N3O. The van der Waals surface area contributed by atoms with Crippen LogP contribution in [0.2, 0.25) is 0 Å². The molecule has 1 N–H and O–H groups in total. The van der Waals surface area contributed by atoms with Gasteiger partial charge in [-0.15, -0.1) is 0 Å². The summed E-state index contributed by atoms with van der Waals surface area (Å²) in [6, 6.07) is 8.29. The van der Waals surface area contributed by atoms with E-state index in [2.05, 4.69) is 42.0 Å². The van der Waals surface area contributed by atoms with Gasteiger partial charge in [0.1, 0.15) is 0 Å². The third-order valence-corrected chi connectivity index (χ3v) is 5.57. The Morgan fingerprint density at radius 3 is 2.83 bits per heavy atom. The largest absolute Gasteiger partial charge is 0.348 e. The SMILES string of the molecule is CCc1c2n(c3ccccc13)C(=O)C(C)(Cc1nc[nH]c1C)CC2. The monoisotopic (exact) mass is 321 g/mol. The minimum absolute atomic E-state index is 0.210. The number of benzene rings is 1. The van der Waals surface area contributed by atoms with Crippen molar-refractivity contribution >= 4 is 16.8 Å². The van der Waals surface area contributed by atoms with Crippen LogP contribution in [0.5, 0.6) is 0 Å². The van der Waals surface area contributed by atoms with Gasteiger partial charge in [-0.25, -0.2) is 4.98 Å². The van der Waals surface area contributed by atoms with Crippen LogP contribution in [0.1, 0.15) is 47.7 Å². The minimum Gasteiger partial charge on any atom is -0.348 e. The van der Waals surface area contributed by atoms with E-state index in [1.165, 1.54) is 16.6 Å². The van der Waals surface area contributed by atoms with Crippen molar-refractivity contribution in [2.24, 2.45) is 5.41 Å². The average Bonchev–Trinajstić information content (AvgIpc) is 3.12. The lowest BCUT2D eigenvalue weighted by molar-refractivity contribution is 0.0676. The van der Waals surface area contributed by atoms with Crippen LogP contribution in [-0.2, 0) is 19.3 Å². The van der Waals surface area contributed by atoms with Gasteiger partial charge in [-0.05, 0) is 37.8 Å². The number of nitrogens with one attached hydrogen (secondary N) is 1. The first-order valence-electron chi connectivity index (χ1n) is 8.70. The van der Waals surface area contributed by atoms with Crippen LogP contribution in [0.3, 0.4) is 0 Å². The van der Waals surface area contributed by atoms with Gasteiger partial charge >= 0.3 is 0 Å². The predicted octanol–water partition coefficient (Wildman–Crippen LogP) is 4.07. The van der Waals surface area contributed by atoms with E-state index < -0.39 is 5.41 Å². The van der Waals surface area contributed by atoms with Crippen LogP contribution in [0, 0.1) is 12.3 Å². The van der Waals surface area contributed by atoms with Gasteiger partial charge in [-0.2, -0.15) is 0 Å². The van der Waals surface area contributed by atoms with Crippen LogP contribution >= 0.6 is 0 Å². The standard InChI is InChI=1S/C20H23N3O/c1-4-14-15-7-5-6-8-17(15)23-18(14)9-10-20(3,19(23)24)11-16-13(2)21-12-22-16/h5-8,12H,4,9-11H2,1-3H3,(H,21,22). The maximum Gasteiger partial charge on any atom is 0.237 e.